The van der Waals surface area contributed by atoms with Crippen LogP contribution in [-0.2, 0) is 0 Å². The van der Waals surface area contributed by atoms with Crippen LogP contribution in [0.4, 0.5) is 5.82 Å². The van der Waals surface area contributed by atoms with Gasteiger partial charge in [-0.05, 0) is 6.42 Å². The van der Waals surface area contributed by atoms with E-state index < -0.39 is 5.97 Å². The summed E-state index contributed by atoms with van der Waals surface area (Å²) in [6.45, 7) is 1.92. The summed E-state index contributed by atoms with van der Waals surface area (Å²) in [5.41, 5.74) is -0.0994. The molecule has 0 spiro atoms. The van der Waals surface area contributed by atoms with Crippen molar-refractivity contribution < 1.29 is 15.0 Å². The molecule has 0 saturated heterocycles. The van der Waals surface area contributed by atoms with Crippen LogP contribution in [0.25, 0.3) is 0 Å². The van der Waals surface area contributed by atoms with Crippen molar-refractivity contribution in [3.63, 3.8) is 0 Å². The minimum atomic E-state index is -1.11. The van der Waals surface area contributed by atoms with Crippen LogP contribution in [0.2, 0.25) is 0 Å². The van der Waals surface area contributed by atoms with E-state index in [2.05, 4.69) is 15.3 Å². The minimum Gasteiger partial charge on any atom is -0.476 e. The third-order valence-corrected chi connectivity index (χ3v) is 1.94. The first-order chi connectivity index (χ1) is 7.17. The topological polar surface area (TPSA) is 95.3 Å². The van der Waals surface area contributed by atoms with Gasteiger partial charge in [-0.3, -0.25) is 0 Å². The first-order valence-corrected chi connectivity index (χ1v) is 4.60. The van der Waals surface area contributed by atoms with Crippen LogP contribution in [0.3, 0.4) is 0 Å². The number of aliphatic hydroxyl groups is 1. The summed E-state index contributed by atoms with van der Waals surface area (Å²) in [6, 6.07) is -0.0880. The molecule has 0 aliphatic carbocycles. The minimum absolute atomic E-state index is 0.00113. The molecule has 0 aliphatic rings. The Kier molecular flexibility index (Phi) is 3.99. The van der Waals surface area contributed by atoms with E-state index in [1.54, 1.807) is 0 Å². The molecule has 15 heavy (non-hydrogen) atoms. The molecule has 0 amide bonds. The average Bonchev–Trinajstić information content (AvgIpc) is 2.26. The van der Waals surface area contributed by atoms with E-state index >= 15 is 0 Å². The fourth-order valence-corrected chi connectivity index (χ4v) is 0.999. The third kappa shape index (κ3) is 3.17. The molecule has 0 fully saturated rings. The van der Waals surface area contributed by atoms with Gasteiger partial charge in [0.2, 0.25) is 0 Å². The van der Waals surface area contributed by atoms with Gasteiger partial charge in [-0.15, -0.1) is 0 Å². The molecule has 1 atom stereocenters. The number of aromatic nitrogens is 2. The highest BCUT2D eigenvalue weighted by Gasteiger charge is 2.07. The monoisotopic (exact) mass is 211 g/mol. The number of anilines is 1. The van der Waals surface area contributed by atoms with Gasteiger partial charge in [0, 0.05) is 0 Å². The fraction of sp³-hybridized carbons (Fsp3) is 0.444. The van der Waals surface area contributed by atoms with Crippen LogP contribution in [0, 0.1) is 0 Å². The Bertz CT molecular complexity index is 322. The molecule has 3 N–H and O–H groups in total. The maximum Gasteiger partial charge on any atom is 0.356 e. The van der Waals surface area contributed by atoms with Gasteiger partial charge in [0.25, 0.3) is 0 Å². The lowest BCUT2D eigenvalue weighted by Crippen LogP contribution is -2.23. The second kappa shape index (κ2) is 5.26. The third-order valence-electron chi connectivity index (χ3n) is 1.94. The zero-order valence-electron chi connectivity index (χ0n) is 8.34. The summed E-state index contributed by atoms with van der Waals surface area (Å²) in [6.07, 6.45) is 3.26. The molecule has 82 valence electrons. The predicted molar refractivity (Wildman–Crippen MR) is 53.8 cm³/mol. The van der Waals surface area contributed by atoms with E-state index in [-0.39, 0.29) is 18.3 Å². The Labute approximate surface area is 87.0 Å². The Morgan fingerprint density at radius 3 is 2.67 bits per heavy atom. The average molecular weight is 211 g/mol. The zero-order valence-corrected chi connectivity index (χ0v) is 8.34. The quantitative estimate of drug-likeness (QED) is 0.650. The van der Waals surface area contributed by atoms with Gasteiger partial charge in [0.05, 0.1) is 25.0 Å². The molecule has 0 aromatic carbocycles. The molecule has 6 nitrogen and oxygen atoms in total. The van der Waals surface area contributed by atoms with Crippen LogP contribution in [0.15, 0.2) is 12.4 Å². The van der Waals surface area contributed by atoms with Crippen molar-refractivity contribution in [2.75, 3.05) is 11.9 Å². The molecule has 1 heterocycles. The van der Waals surface area contributed by atoms with Crippen molar-refractivity contribution in [1.82, 2.24) is 9.97 Å². The van der Waals surface area contributed by atoms with Crippen molar-refractivity contribution in [2.24, 2.45) is 0 Å². The number of nitrogens with one attached hydrogen (secondary N) is 1. The van der Waals surface area contributed by atoms with Gasteiger partial charge in [0.1, 0.15) is 5.82 Å². The lowest BCUT2D eigenvalue weighted by molar-refractivity contribution is 0.0690. The van der Waals surface area contributed by atoms with E-state index in [0.29, 0.717) is 5.82 Å². The second-order valence-corrected chi connectivity index (χ2v) is 3.02. The van der Waals surface area contributed by atoms with Crippen molar-refractivity contribution in [3.05, 3.63) is 18.1 Å². The molecule has 0 unspecified atom stereocenters. The molecule has 0 saturated carbocycles. The second-order valence-electron chi connectivity index (χ2n) is 3.02. The number of hydrogen-bond acceptors (Lipinski definition) is 5. The van der Waals surface area contributed by atoms with Crippen LogP contribution >= 0.6 is 0 Å². The van der Waals surface area contributed by atoms with Crippen molar-refractivity contribution >= 4 is 11.8 Å². The largest absolute Gasteiger partial charge is 0.476 e. The number of hydrogen-bond donors (Lipinski definition) is 3. The van der Waals surface area contributed by atoms with E-state index in [1.807, 2.05) is 6.92 Å². The number of carboxylic acid groups (broad SMARTS) is 1. The first-order valence-electron chi connectivity index (χ1n) is 4.60. The van der Waals surface area contributed by atoms with Crippen molar-refractivity contribution in [2.45, 2.75) is 19.4 Å². The number of aliphatic hydroxyl groups excluding tert-OH is 1. The SMILES string of the molecule is CC[C@H](CO)Nc1cnc(C(=O)O)cn1. The number of carboxylic acids is 1. The Balaban J connectivity index is 2.67. The molecule has 0 bridgehead atoms. The maximum atomic E-state index is 10.5. The van der Waals surface area contributed by atoms with Crippen molar-refractivity contribution in [1.29, 1.82) is 0 Å². The molecule has 6 heteroatoms. The van der Waals surface area contributed by atoms with Gasteiger partial charge < -0.3 is 15.5 Å². The number of carbonyl (C=O) groups is 1. The normalized spacial score (nSPS) is 12.1. The van der Waals surface area contributed by atoms with Gasteiger partial charge in [0.15, 0.2) is 5.69 Å². The predicted octanol–water partition coefficient (Wildman–Crippen LogP) is 0.358. The van der Waals surface area contributed by atoms with E-state index in [0.717, 1.165) is 6.42 Å². The lowest BCUT2D eigenvalue weighted by Gasteiger charge is -2.13. The van der Waals surface area contributed by atoms with Crippen LogP contribution in [0.5, 0.6) is 0 Å². The van der Waals surface area contributed by atoms with E-state index in [1.165, 1.54) is 12.4 Å². The molecular formula is C9H13N3O3. The molecule has 1 aromatic heterocycles. The summed E-state index contributed by atoms with van der Waals surface area (Å²) in [4.78, 5) is 18.0. The summed E-state index contributed by atoms with van der Waals surface area (Å²) >= 11 is 0. The number of aromatic carboxylic acids is 1. The number of nitrogens with zero attached hydrogens (tertiary/aromatic N) is 2. The van der Waals surface area contributed by atoms with Gasteiger partial charge in [-0.1, -0.05) is 6.92 Å². The molecule has 0 radical (unpaired) electrons. The maximum absolute atomic E-state index is 10.5. The standard InChI is InChI=1S/C9H13N3O3/c1-2-6(5-13)12-8-4-10-7(3-11-8)9(14)15/h3-4,6,13H,2,5H2,1H3,(H,11,12)(H,14,15)/t6-/m1/s1. The summed E-state index contributed by atoms with van der Waals surface area (Å²) < 4.78 is 0. The zero-order chi connectivity index (χ0) is 11.3. The molecular weight excluding hydrogens is 198 g/mol. The fourth-order valence-electron chi connectivity index (χ4n) is 0.999. The molecule has 1 rings (SSSR count). The van der Waals surface area contributed by atoms with Gasteiger partial charge in [-0.25, -0.2) is 14.8 Å². The van der Waals surface area contributed by atoms with Gasteiger partial charge in [-0.2, -0.15) is 0 Å². The van der Waals surface area contributed by atoms with Crippen LogP contribution in [-0.4, -0.2) is 38.8 Å². The molecule has 0 aliphatic heterocycles. The Hall–Kier alpha value is -1.69. The summed E-state index contributed by atoms with van der Waals surface area (Å²) in [7, 11) is 0. The Morgan fingerprint density at radius 2 is 2.27 bits per heavy atom. The highest BCUT2D eigenvalue weighted by atomic mass is 16.4. The lowest BCUT2D eigenvalue weighted by atomic mass is 10.2. The van der Waals surface area contributed by atoms with E-state index in [9.17, 15) is 4.79 Å². The van der Waals surface area contributed by atoms with Gasteiger partial charge >= 0.3 is 5.97 Å². The summed E-state index contributed by atoms with van der Waals surface area (Å²) in [5.74, 6) is -0.649. The van der Waals surface area contributed by atoms with Crippen LogP contribution < -0.4 is 5.32 Å². The first kappa shape index (κ1) is 11.4. The van der Waals surface area contributed by atoms with E-state index in [4.69, 9.17) is 10.2 Å². The van der Waals surface area contributed by atoms with Crippen molar-refractivity contribution in [3.8, 4) is 0 Å². The summed E-state index contributed by atoms with van der Waals surface area (Å²) in [5, 5.41) is 20.4. The Morgan fingerprint density at radius 1 is 1.53 bits per heavy atom. The smallest absolute Gasteiger partial charge is 0.356 e. The molecule has 1 aromatic rings. The van der Waals surface area contributed by atoms with Crippen LogP contribution in [0.1, 0.15) is 23.8 Å². The highest BCUT2D eigenvalue weighted by Crippen LogP contribution is 2.04. The number of rotatable bonds is 5. The highest BCUT2D eigenvalue weighted by molar-refractivity contribution is 5.84.